The number of nitrogens with one attached hydrogen (secondary N) is 3. The summed E-state index contributed by atoms with van der Waals surface area (Å²) in [7, 11) is -1.52. The molecule has 1 aliphatic heterocycles. The van der Waals surface area contributed by atoms with Crippen molar-refractivity contribution in [1.29, 1.82) is 0 Å². The molecule has 0 fully saturated rings. The Balaban J connectivity index is 1.90. The summed E-state index contributed by atoms with van der Waals surface area (Å²) in [5.41, 5.74) is 4.24. The predicted octanol–water partition coefficient (Wildman–Crippen LogP) is -0.139. The van der Waals surface area contributed by atoms with Crippen LogP contribution in [-0.2, 0) is 24.3 Å². The van der Waals surface area contributed by atoms with Crippen LogP contribution in [0.1, 0.15) is 15.9 Å². The molecule has 15 heteroatoms. The van der Waals surface area contributed by atoms with Gasteiger partial charge in [0.05, 0.1) is 42.6 Å². The maximum atomic E-state index is 13.5. The number of anilines is 1. The monoisotopic (exact) mass is 532 g/mol. The quantitative estimate of drug-likeness (QED) is 0.281. The maximum Gasteiger partial charge on any atom is 0.416 e. The third kappa shape index (κ3) is 6.16. The van der Waals surface area contributed by atoms with Crippen LogP contribution in [0.2, 0.25) is 0 Å². The first kappa shape index (κ1) is 27.0. The summed E-state index contributed by atoms with van der Waals surface area (Å²) in [5, 5.41) is 4.03. The van der Waals surface area contributed by atoms with Crippen LogP contribution in [0.15, 0.2) is 53.5 Å². The Morgan fingerprint density at radius 2 is 1.92 bits per heavy atom. The van der Waals surface area contributed by atoms with Gasteiger partial charge in [-0.1, -0.05) is 6.07 Å². The van der Waals surface area contributed by atoms with E-state index in [1.807, 2.05) is 4.72 Å². The van der Waals surface area contributed by atoms with Crippen molar-refractivity contribution in [2.24, 2.45) is 0 Å². The Morgan fingerprint density at radius 3 is 2.50 bits per heavy atom. The number of carbonyl (C=O) groups excluding carboxylic acids is 2. The van der Waals surface area contributed by atoms with Gasteiger partial charge in [0.25, 0.3) is 5.91 Å². The predicted molar refractivity (Wildman–Crippen MR) is 121 cm³/mol. The smallest absolute Gasteiger partial charge is 0.416 e. The van der Waals surface area contributed by atoms with Crippen molar-refractivity contribution in [1.82, 2.24) is 15.5 Å². The van der Waals surface area contributed by atoms with Crippen molar-refractivity contribution in [3.05, 3.63) is 64.6 Å². The highest BCUT2D eigenvalue weighted by atomic mass is 32.2. The highest BCUT2D eigenvalue weighted by molar-refractivity contribution is 7.88. The number of aryl methyl sites for hydroxylation is 1. The number of halogens is 3. The van der Waals surface area contributed by atoms with Gasteiger partial charge in [0, 0.05) is 12.7 Å². The van der Waals surface area contributed by atoms with Crippen molar-refractivity contribution in [2.45, 2.75) is 25.2 Å². The number of esters is 1. The minimum atomic E-state index is -4.80. The Morgan fingerprint density at radius 1 is 1.22 bits per heavy atom. The van der Waals surface area contributed by atoms with Crippen LogP contribution in [0.3, 0.4) is 0 Å². The molecule has 1 aromatic rings. The summed E-state index contributed by atoms with van der Waals surface area (Å²) in [6, 6.07) is 3.26. The number of hydrogen-bond donors (Lipinski definition) is 4. The fourth-order valence-electron chi connectivity index (χ4n) is 3.62. The number of ether oxygens (including phenoxy) is 2. The summed E-state index contributed by atoms with van der Waals surface area (Å²) < 4.78 is 75.8. The van der Waals surface area contributed by atoms with E-state index in [9.17, 15) is 31.2 Å². The largest absolute Gasteiger partial charge is 0.464 e. The van der Waals surface area contributed by atoms with E-state index in [-0.39, 0.29) is 17.0 Å². The molecule has 36 heavy (non-hydrogen) atoms. The van der Waals surface area contributed by atoms with Crippen molar-refractivity contribution in [2.75, 3.05) is 25.5 Å². The molecule has 1 aromatic carbocycles. The van der Waals surface area contributed by atoms with Crippen LogP contribution in [0, 0.1) is 6.92 Å². The highest BCUT2D eigenvalue weighted by Crippen LogP contribution is 2.32. The van der Waals surface area contributed by atoms with Gasteiger partial charge in [-0.25, -0.2) is 18.6 Å². The van der Waals surface area contributed by atoms with Gasteiger partial charge in [-0.15, -0.1) is 5.53 Å². The molecule has 196 valence electrons. The number of sulfonamides is 1. The first-order chi connectivity index (χ1) is 16.7. The first-order valence-corrected chi connectivity index (χ1v) is 12.2. The zero-order chi connectivity index (χ0) is 26.8. The van der Waals surface area contributed by atoms with E-state index < -0.39 is 45.8 Å². The lowest BCUT2D eigenvalue weighted by Crippen LogP contribution is -2.98. The number of hydrogen-bond acceptors (Lipinski definition) is 8. The summed E-state index contributed by atoms with van der Waals surface area (Å²) >= 11 is 0. The number of benzene rings is 1. The molecule has 5 N–H and O–H groups in total. The fourth-order valence-corrected chi connectivity index (χ4v) is 4.22. The number of nitrogens with zero attached hydrogens (tertiary/aromatic N) is 1. The lowest BCUT2D eigenvalue weighted by atomic mass is 9.96. The summed E-state index contributed by atoms with van der Waals surface area (Å²) in [6.07, 6.45) is -2.39. The molecular weight excluding hydrogens is 507 g/mol. The molecule has 0 saturated heterocycles. The minimum Gasteiger partial charge on any atom is -0.464 e. The number of rotatable bonds is 7. The normalized spacial score (nSPS) is 20.1. The lowest BCUT2D eigenvalue weighted by Gasteiger charge is -2.31. The van der Waals surface area contributed by atoms with Crippen LogP contribution in [0.5, 0.6) is 0 Å². The standard InChI is InChI=1S/C21H24F3N5O6S/c1-11-5-6-12(7-17(11)29-10-16(26-28-29)20(31)35-3)19(30)25-14-8-13(21(22,23)24)9-15(18(14)34-2)27-36(4,32)33/h5-10,14,18,26-28H,1-4H3,(H,25,30)/p+1. The lowest BCUT2D eigenvalue weighted by molar-refractivity contribution is -0.699. The molecule has 1 heterocycles. The first-order valence-electron chi connectivity index (χ1n) is 10.3. The molecule has 1 aliphatic carbocycles. The van der Waals surface area contributed by atoms with Gasteiger partial charge in [0.2, 0.25) is 10.0 Å². The molecule has 0 aromatic heterocycles. The van der Waals surface area contributed by atoms with Gasteiger partial charge >= 0.3 is 12.1 Å². The van der Waals surface area contributed by atoms with Gasteiger partial charge in [-0.05, 0) is 36.8 Å². The average molecular weight is 533 g/mol. The molecule has 2 atom stereocenters. The molecule has 0 bridgehead atoms. The number of quaternary nitrogens is 1. The highest BCUT2D eigenvalue weighted by Gasteiger charge is 2.40. The van der Waals surface area contributed by atoms with Crippen molar-refractivity contribution < 1.29 is 46.2 Å². The SMILES string of the molecule is COC(=O)C1=CN(c2cc(C(=O)NC3C=C(C(F)(F)F)C=C(NS(C)(=O)=O)C3OC)ccc2C)[NH2+]N1. The molecule has 3 rings (SSSR count). The fraction of sp³-hybridized carbons (Fsp3) is 0.333. The topological polar surface area (TPSA) is 143 Å². The second-order valence-corrected chi connectivity index (χ2v) is 9.71. The Kier molecular flexibility index (Phi) is 7.66. The second kappa shape index (κ2) is 10.2. The zero-order valence-electron chi connectivity index (χ0n) is 19.6. The van der Waals surface area contributed by atoms with Gasteiger partial charge in [0.15, 0.2) is 5.70 Å². The Labute approximate surface area is 205 Å². The van der Waals surface area contributed by atoms with Gasteiger partial charge in [-0.2, -0.15) is 18.2 Å². The molecule has 11 nitrogen and oxygen atoms in total. The maximum absolute atomic E-state index is 13.5. The molecule has 2 aliphatic rings. The van der Waals surface area contributed by atoms with E-state index in [2.05, 4.69) is 15.5 Å². The van der Waals surface area contributed by atoms with E-state index in [4.69, 9.17) is 4.74 Å². The Bertz CT molecular complexity index is 1260. The zero-order valence-corrected chi connectivity index (χ0v) is 20.5. The number of amides is 1. The van der Waals surface area contributed by atoms with E-state index in [0.717, 1.165) is 17.9 Å². The van der Waals surface area contributed by atoms with E-state index in [1.165, 1.54) is 38.1 Å². The second-order valence-electron chi connectivity index (χ2n) is 7.97. The average Bonchev–Trinajstić information content (AvgIpc) is 3.27. The van der Waals surface area contributed by atoms with Crippen LogP contribution in [-0.4, -0.2) is 59.1 Å². The molecule has 1 amide bonds. The van der Waals surface area contributed by atoms with Crippen molar-refractivity contribution in [3.63, 3.8) is 0 Å². The minimum absolute atomic E-state index is 0.105. The number of allylic oxidation sites excluding steroid dienone is 2. The molecule has 0 saturated carbocycles. The summed E-state index contributed by atoms with van der Waals surface area (Å²) in [5.74, 6) is -1.33. The van der Waals surface area contributed by atoms with Crippen molar-refractivity contribution in [3.8, 4) is 0 Å². The van der Waals surface area contributed by atoms with E-state index >= 15 is 0 Å². The summed E-state index contributed by atoms with van der Waals surface area (Å²) in [6.45, 7) is 1.77. The summed E-state index contributed by atoms with van der Waals surface area (Å²) in [4.78, 5) is 24.8. The number of alkyl halides is 3. The number of methoxy groups -OCH3 is 2. The van der Waals surface area contributed by atoms with E-state index in [0.29, 0.717) is 11.8 Å². The van der Waals surface area contributed by atoms with Crippen LogP contribution < -0.4 is 26.0 Å². The van der Waals surface area contributed by atoms with Gasteiger partial charge < -0.3 is 14.8 Å². The number of carbonyl (C=O) groups is 2. The molecule has 2 unspecified atom stereocenters. The van der Waals surface area contributed by atoms with Crippen LogP contribution >= 0.6 is 0 Å². The van der Waals surface area contributed by atoms with E-state index in [1.54, 1.807) is 18.0 Å². The molecular formula is C21H25F3N5O6S+. The third-order valence-corrected chi connectivity index (χ3v) is 5.87. The molecule has 0 radical (unpaired) electrons. The number of nitrogens with two attached hydrogens (primary N) is 1. The third-order valence-electron chi connectivity index (χ3n) is 5.27. The van der Waals surface area contributed by atoms with Crippen LogP contribution in [0.25, 0.3) is 0 Å². The van der Waals surface area contributed by atoms with Gasteiger partial charge in [-0.3, -0.25) is 9.52 Å². The van der Waals surface area contributed by atoms with Crippen molar-refractivity contribution >= 4 is 27.6 Å². The molecule has 0 spiro atoms. The Hall–Kier alpha value is -3.56. The van der Waals surface area contributed by atoms with Gasteiger partial charge in [0.1, 0.15) is 6.10 Å². The van der Waals surface area contributed by atoms with Crippen LogP contribution in [0.4, 0.5) is 18.9 Å².